The summed E-state index contributed by atoms with van der Waals surface area (Å²) in [6.45, 7) is 0.303. The molecule has 0 bridgehead atoms. The maximum Gasteiger partial charge on any atom is 0.387 e. The summed E-state index contributed by atoms with van der Waals surface area (Å²) in [7, 11) is 0. The molecule has 5 nitrogen and oxygen atoms in total. The van der Waals surface area contributed by atoms with Crippen LogP contribution in [0, 0.1) is 0 Å². The molecule has 0 radical (unpaired) electrons. The Hall–Kier alpha value is -2.96. The highest BCUT2D eigenvalue weighted by atomic mass is 19.3. The highest BCUT2D eigenvalue weighted by molar-refractivity contribution is 5.96. The van der Waals surface area contributed by atoms with Crippen molar-refractivity contribution in [2.24, 2.45) is 0 Å². The van der Waals surface area contributed by atoms with E-state index in [4.69, 9.17) is 4.74 Å². The average Bonchev–Trinajstić information content (AvgIpc) is 2.62. The van der Waals surface area contributed by atoms with Gasteiger partial charge < -0.3 is 14.8 Å². The molecular weight excluding hydrogens is 344 g/mol. The molecule has 0 saturated carbocycles. The Balaban J connectivity index is 2.01. The largest absolute Gasteiger partial charge is 0.481 e. The van der Waals surface area contributed by atoms with Gasteiger partial charge in [-0.3, -0.25) is 9.59 Å². The molecule has 0 aliphatic carbocycles. The predicted octanol–water partition coefficient (Wildman–Crippen LogP) is 4.29. The number of hydrogen-bond donors (Lipinski definition) is 1. The van der Waals surface area contributed by atoms with Crippen molar-refractivity contribution in [2.45, 2.75) is 33.0 Å². The van der Waals surface area contributed by atoms with Gasteiger partial charge in [-0.15, -0.1) is 0 Å². The fourth-order valence-corrected chi connectivity index (χ4v) is 2.18. The topological polar surface area (TPSA) is 64.6 Å². The van der Waals surface area contributed by atoms with Crippen LogP contribution in [0.25, 0.3) is 0 Å². The number of halogens is 2. The van der Waals surface area contributed by atoms with E-state index in [2.05, 4.69) is 10.1 Å². The van der Waals surface area contributed by atoms with Crippen LogP contribution in [0.1, 0.15) is 30.6 Å². The molecule has 1 amide bonds. The molecule has 0 aromatic heterocycles. The van der Waals surface area contributed by atoms with Crippen molar-refractivity contribution in [3.05, 3.63) is 54.1 Å². The van der Waals surface area contributed by atoms with Gasteiger partial charge in [-0.25, -0.2) is 0 Å². The zero-order valence-electron chi connectivity index (χ0n) is 14.4. The van der Waals surface area contributed by atoms with Crippen LogP contribution < -0.4 is 14.8 Å². The van der Waals surface area contributed by atoms with Gasteiger partial charge in [0.25, 0.3) is 5.91 Å². The number of anilines is 1. The quantitative estimate of drug-likeness (QED) is 0.711. The molecule has 1 N–H and O–H groups in total. The molecule has 1 atom stereocenters. The molecule has 138 valence electrons. The average molecular weight is 363 g/mol. The molecule has 2 rings (SSSR count). The number of hydrogen-bond acceptors (Lipinski definition) is 4. The van der Waals surface area contributed by atoms with Gasteiger partial charge in [0.2, 0.25) is 0 Å². The maximum atomic E-state index is 12.4. The van der Waals surface area contributed by atoms with Gasteiger partial charge in [0.1, 0.15) is 11.5 Å². The van der Waals surface area contributed by atoms with Crippen molar-refractivity contribution in [1.29, 1.82) is 0 Å². The summed E-state index contributed by atoms with van der Waals surface area (Å²) in [5.74, 6) is -0.232. The molecule has 0 heterocycles. The third-order valence-corrected chi connectivity index (χ3v) is 3.54. The van der Waals surface area contributed by atoms with Gasteiger partial charge >= 0.3 is 6.61 Å². The van der Waals surface area contributed by atoms with E-state index >= 15 is 0 Å². The Morgan fingerprint density at radius 1 is 1.04 bits per heavy atom. The molecule has 7 heteroatoms. The van der Waals surface area contributed by atoms with Crippen molar-refractivity contribution >= 4 is 17.4 Å². The van der Waals surface area contributed by atoms with Gasteiger partial charge in [-0.2, -0.15) is 8.78 Å². The number of carbonyl (C=O) groups is 2. The Labute approximate surface area is 149 Å². The summed E-state index contributed by atoms with van der Waals surface area (Å²) in [5, 5.41) is 2.50. The molecular formula is C19H19F2NO4. The fraction of sp³-hybridized carbons (Fsp3) is 0.263. The first-order valence-electron chi connectivity index (χ1n) is 8.05. The van der Waals surface area contributed by atoms with E-state index < -0.39 is 18.6 Å². The van der Waals surface area contributed by atoms with Crippen LogP contribution in [0.5, 0.6) is 11.5 Å². The number of benzene rings is 2. The highest BCUT2D eigenvalue weighted by Gasteiger charge is 2.18. The highest BCUT2D eigenvalue weighted by Crippen LogP contribution is 2.26. The molecule has 0 spiro atoms. The van der Waals surface area contributed by atoms with Crippen LogP contribution in [0.2, 0.25) is 0 Å². The van der Waals surface area contributed by atoms with Crippen LogP contribution in [-0.2, 0) is 4.79 Å². The number of carbonyl (C=O) groups excluding carboxylic acids is 2. The summed E-state index contributed by atoms with van der Waals surface area (Å²) >= 11 is 0. The minimum Gasteiger partial charge on any atom is -0.481 e. The number of para-hydroxylation sites is 2. The summed E-state index contributed by atoms with van der Waals surface area (Å²) in [4.78, 5) is 23.8. The maximum absolute atomic E-state index is 12.4. The second kappa shape index (κ2) is 8.94. The second-order valence-corrected chi connectivity index (χ2v) is 5.43. The van der Waals surface area contributed by atoms with E-state index in [0.717, 1.165) is 0 Å². The standard InChI is InChI=1S/C19H19F2NO4/c1-3-16(23)13-8-10-14(11-9-13)25-12(2)18(24)22-15-6-4-5-7-17(15)26-19(20)21/h4-12,19H,3H2,1-2H3,(H,22,24)/t12-/m0/s1. The number of nitrogens with one attached hydrogen (secondary N) is 1. The number of ether oxygens (including phenoxy) is 2. The first kappa shape index (κ1) is 19.4. The normalized spacial score (nSPS) is 11.7. The van der Waals surface area contributed by atoms with Crippen molar-refractivity contribution in [1.82, 2.24) is 0 Å². The lowest BCUT2D eigenvalue weighted by molar-refractivity contribution is -0.122. The summed E-state index contributed by atoms with van der Waals surface area (Å²) < 4.78 is 34.7. The predicted molar refractivity (Wildman–Crippen MR) is 92.9 cm³/mol. The van der Waals surface area contributed by atoms with Gasteiger partial charge in [0.15, 0.2) is 11.9 Å². The molecule has 0 unspecified atom stereocenters. The summed E-state index contributed by atoms with van der Waals surface area (Å²) in [5.41, 5.74) is 0.687. The molecule has 26 heavy (non-hydrogen) atoms. The molecule has 0 aliphatic heterocycles. The third kappa shape index (κ3) is 5.27. The first-order chi connectivity index (χ1) is 12.4. The number of rotatable bonds is 8. The van der Waals surface area contributed by atoms with Crippen LogP contribution >= 0.6 is 0 Å². The third-order valence-electron chi connectivity index (χ3n) is 3.54. The van der Waals surface area contributed by atoms with E-state index in [1.807, 2.05) is 0 Å². The monoisotopic (exact) mass is 363 g/mol. The van der Waals surface area contributed by atoms with Crippen LogP contribution in [0.15, 0.2) is 48.5 Å². The lowest BCUT2D eigenvalue weighted by atomic mass is 10.1. The zero-order valence-corrected chi connectivity index (χ0v) is 14.4. The SMILES string of the molecule is CCC(=O)c1ccc(O[C@@H](C)C(=O)Nc2ccccc2OC(F)F)cc1. The lowest BCUT2D eigenvalue weighted by Crippen LogP contribution is -2.30. The van der Waals surface area contributed by atoms with Gasteiger partial charge in [0.05, 0.1) is 5.69 Å². The molecule has 0 fully saturated rings. The summed E-state index contributed by atoms with van der Waals surface area (Å²) in [6, 6.07) is 12.3. The summed E-state index contributed by atoms with van der Waals surface area (Å²) in [6.07, 6.45) is -0.485. The first-order valence-corrected chi connectivity index (χ1v) is 8.05. The van der Waals surface area contributed by atoms with Crippen molar-refractivity contribution < 1.29 is 27.8 Å². The second-order valence-electron chi connectivity index (χ2n) is 5.43. The number of Topliss-reactive ketones (excluding diaryl/α,β-unsaturated/α-hetero) is 1. The lowest BCUT2D eigenvalue weighted by Gasteiger charge is -2.16. The molecule has 0 aliphatic rings. The molecule has 0 saturated heterocycles. The number of ketones is 1. The van der Waals surface area contributed by atoms with Crippen molar-refractivity contribution in [3.63, 3.8) is 0 Å². The van der Waals surface area contributed by atoms with Gasteiger partial charge in [0, 0.05) is 12.0 Å². The molecule has 2 aromatic carbocycles. The Bertz CT molecular complexity index is 762. The van der Waals surface area contributed by atoms with Crippen molar-refractivity contribution in [3.8, 4) is 11.5 Å². The zero-order chi connectivity index (χ0) is 19.1. The Kier molecular flexibility index (Phi) is 6.66. The number of amides is 1. The van der Waals surface area contributed by atoms with Gasteiger partial charge in [-0.05, 0) is 43.3 Å². The Morgan fingerprint density at radius 3 is 2.31 bits per heavy atom. The van der Waals surface area contributed by atoms with E-state index in [0.29, 0.717) is 17.7 Å². The van der Waals surface area contributed by atoms with Crippen molar-refractivity contribution in [2.75, 3.05) is 5.32 Å². The smallest absolute Gasteiger partial charge is 0.387 e. The van der Waals surface area contributed by atoms with E-state index in [1.54, 1.807) is 37.3 Å². The minimum atomic E-state index is -2.99. The van der Waals surface area contributed by atoms with Crippen LogP contribution in [0.4, 0.5) is 14.5 Å². The minimum absolute atomic E-state index is 0.0120. The van der Waals surface area contributed by atoms with Crippen LogP contribution in [-0.4, -0.2) is 24.4 Å². The van der Waals surface area contributed by atoms with E-state index in [-0.39, 0.29) is 17.2 Å². The van der Waals surface area contributed by atoms with Crippen LogP contribution in [0.3, 0.4) is 0 Å². The van der Waals surface area contributed by atoms with E-state index in [9.17, 15) is 18.4 Å². The van der Waals surface area contributed by atoms with E-state index in [1.165, 1.54) is 25.1 Å². The Morgan fingerprint density at radius 2 is 1.69 bits per heavy atom. The van der Waals surface area contributed by atoms with Gasteiger partial charge in [-0.1, -0.05) is 19.1 Å². The number of alkyl halides is 2. The fourth-order valence-electron chi connectivity index (χ4n) is 2.18. The molecule has 2 aromatic rings.